The maximum Gasteiger partial charge on any atom is 0.412 e. The highest BCUT2D eigenvalue weighted by Gasteiger charge is 2.42. The van der Waals surface area contributed by atoms with E-state index < -0.39 is 24.0 Å². The summed E-state index contributed by atoms with van der Waals surface area (Å²) in [6, 6.07) is 17.7. The van der Waals surface area contributed by atoms with Crippen molar-refractivity contribution in [2.45, 2.75) is 12.2 Å². The summed E-state index contributed by atoms with van der Waals surface area (Å²) < 4.78 is 40.7. The van der Waals surface area contributed by atoms with E-state index in [1.165, 1.54) is 17.6 Å². The van der Waals surface area contributed by atoms with Gasteiger partial charge in [-0.25, -0.2) is 5.48 Å². The number of carbonyl (C=O) groups is 2. The average molecular weight is 414 g/mol. The number of hydrogen-bond donors (Lipinski definition) is 3. The standard InChI is InChI=1S/C22H17F3N2O3/c23-22(24,25)19(16-8-12-18(13-9-16)21(29)27-30)26-20(28)17-10-6-15(7-11-17)14-4-2-1-3-5-14/h1-13,19,30H,(H,26,28)(H,27,29)/t19-/m0/s1. The molecule has 0 unspecified atom stereocenters. The summed E-state index contributed by atoms with van der Waals surface area (Å²) in [4.78, 5) is 23.8. The number of rotatable bonds is 5. The number of carbonyl (C=O) groups excluding carboxylic acids is 2. The molecule has 0 radical (unpaired) electrons. The molecule has 3 rings (SSSR count). The Labute approximate surface area is 170 Å². The van der Waals surface area contributed by atoms with Gasteiger partial charge >= 0.3 is 6.18 Å². The molecule has 154 valence electrons. The number of hydroxylamine groups is 1. The largest absolute Gasteiger partial charge is 0.412 e. The van der Waals surface area contributed by atoms with Crippen LogP contribution in [0.2, 0.25) is 0 Å². The van der Waals surface area contributed by atoms with Crippen molar-refractivity contribution in [3.63, 3.8) is 0 Å². The molecule has 0 aliphatic carbocycles. The van der Waals surface area contributed by atoms with Crippen LogP contribution < -0.4 is 10.8 Å². The van der Waals surface area contributed by atoms with E-state index in [4.69, 9.17) is 5.21 Å². The van der Waals surface area contributed by atoms with Crippen LogP contribution in [0.1, 0.15) is 32.3 Å². The van der Waals surface area contributed by atoms with Crippen molar-refractivity contribution in [3.8, 4) is 11.1 Å². The summed E-state index contributed by atoms with van der Waals surface area (Å²) >= 11 is 0. The second-order valence-electron chi connectivity index (χ2n) is 6.45. The Bertz CT molecular complexity index is 1020. The van der Waals surface area contributed by atoms with E-state index >= 15 is 0 Å². The van der Waals surface area contributed by atoms with Gasteiger partial charge in [0.1, 0.15) is 0 Å². The fourth-order valence-electron chi connectivity index (χ4n) is 2.90. The minimum Gasteiger partial charge on any atom is -0.337 e. The van der Waals surface area contributed by atoms with Gasteiger partial charge in [-0.15, -0.1) is 0 Å². The monoisotopic (exact) mass is 414 g/mol. The van der Waals surface area contributed by atoms with Crippen LogP contribution in [0, 0.1) is 0 Å². The van der Waals surface area contributed by atoms with E-state index in [0.717, 1.165) is 35.4 Å². The van der Waals surface area contributed by atoms with Gasteiger partial charge in [-0.1, -0.05) is 54.6 Å². The first-order valence-corrected chi connectivity index (χ1v) is 8.87. The summed E-state index contributed by atoms with van der Waals surface area (Å²) in [5, 5.41) is 10.6. The van der Waals surface area contributed by atoms with Gasteiger partial charge in [0.05, 0.1) is 0 Å². The number of amides is 2. The second kappa shape index (κ2) is 8.79. The van der Waals surface area contributed by atoms with Crippen molar-refractivity contribution in [1.29, 1.82) is 0 Å². The van der Waals surface area contributed by atoms with Crippen LogP contribution in [0.5, 0.6) is 0 Å². The number of benzene rings is 3. The lowest BCUT2D eigenvalue weighted by molar-refractivity contribution is -0.155. The fourth-order valence-corrected chi connectivity index (χ4v) is 2.90. The van der Waals surface area contributed by atoms with Crippen molar-refractivity contribution in [3.05, 3.63) is 95.6 Å². The molecular weight excluding hydrogens is 397 g/mol. The summed E-state index contributed by atoms with van der Waals surface area (Å²) in [5.41, 5.74) is 2.97. The first-order chi connectivity index (χ1) is 14.3. The minimum absolute atomic E-state index is 0.0231. The van der Waals surface area contributed by atoms with Crippen LogP contribution in [-0.2, 0) is 0 Å². The van der Waals surface area contributed by atoms with Crippen LogP contribution in [0.15, 0.2) is 78.9 Å². The van der Waals surface area contributed by atoms with Crippen molar-refractivity contribution >= 4 is 11.8 Å². The number of hydrogen-bond acceptors (Lipinski definition) is 3. The minimum atomic E-state index is -4.75. The molecule has 0 bridgehead atoms. The highest BCUT2D eigenvalue weighted by Crippen LogP contribution is 2.33. The molecule has 0 saturated heterocycles. The van der Waals surface area contributed by atoms with Gasteiger partial charge in [0.2, 0.25) is 0 Å². The maximum absolute atomic E-state index is 13.6. The molecule has 30 heavy (non-hydrogen) atoms. The topological polar surface area (TPSA) is 78.4 Å². The first-order valence-electron chi connectivity index (χ1n) is 8.87. The van der Waals surface area contributed by atoms with Crippen LogP contribution in [0.3, 0.4) is 0 Å². The van der Waals surface area contributed by atoms with Crippen LogP contribution >= 0.6 is 0 Å². The zero-order chi connectivity index (χ0) is 21.7. The average Bonchev–Trinajstić information content (AvgIpc) is 2.77. The molecule has 2 amide bonds. The van der Waals surface area contributed by atoms with E-state index in [1.54, 1.807) is 12.1 Å². The molecule has 3 N–H and O–H groups in total. The van der Waals surface area contributed by atoms with E-state index in [0.29, 0.717) is 0 Å². The summed E-state index contributed by atoms with van der Waals surface area (Å²) in [7, 11) is 0. The lowest BCUT2D eigenvalue weighted by Gasteiger charge is -2.22. The van der Waals surface area contributed by atoms with Crippen molar-refractivity contribution in [2.24, 2.45) is 0 Å². The van der Waals surface area contributed by atoms with Gasteiger partial charge in [-0.05, 0) is 41.0 Å². The van der Waals surface area contributed by atoms with Crippen LogP contribution in [-0.4, -0.2) is 23.2 Å². The molecule has 0 spiro atoms. The molecule has 0 heterocycles. The lowest BCUT2D eigenvalue weighted by atomic mass is 10.0. The van der Waals surface area contributed by atoms with E-state index in [1.807, 2.05) is 35.6 Å². The SMILES string of the molecule is O=C(NO)c1ccc([C@H](NC(=O)c2ccc(-c3ccccc3)cc2)C(F)(F)F)cc1. The van der Waals surface area contributed by atoms with Crippen molar-refractivity contribution in [1.82, 2.24) is 10.8 Å². The van der Waals surface area contributed by atoms with Gasteiger partial charge in [0.15, 0.2) is 6.04 Å². The number of nitrogens with one attached hydrogen (secondary N) is 2. The quantitative estimate of drug-likeness (QED) is 0.425. The normalized spacial score (nSPS) is 12.1. The zero-order valence-electron chi connectivity index (χ0n) is 15.5. The third-order valence-corrected chi connectivity index (χ3v) is 4.46. The van der Waals surface area contributed by atoms with Gasteiger partial charge in [-0.2, -0.15) is 13.2 Å². The van der Waals surface area contributed by atoms with Gasteiger partial charge in [0.25, 0.3) is 11.8 Å². The summed E-state index contributed by atoms with van der Waals surface area (Å²) in [6.45, 7) is 0. The highest BCUT2D eigenvalue weighted by molar-refractivity contribution is 5.95. The Morgan fingerprint density at radius 2 is 1.23 bits per heavy atom. The third-order valence-electron chi connectivity index (χ3n) is 4.46. The molecule has 3 aromatic rings. The van der Waals surface area contributed by atoms with E-state index in [9.17, 15) is 22.8 Å². The molecule has 0 aliphatic rings. The van der Waals surface area contributed by atoms with E-state index in [-0.39, 0.29) is 16.7 Å². The number of alkyl halides is 3. The Hall–Kier alpha value is -3.65. The first kappa shape index (κ1) is 21.1. The Balaban J connectivity index is 1.80. The highest BCUT2D eigenvalue weighted by atomic mass is 19.4. The molecular formula is C22H17F3N2O3. The predicted octanol–water partition coefficient (Wildman–Crippen LogP) is 4.51. The summed E-state index contributed by atoms with van der Waals surface area (Å²) in [6.07, 6.45) is -4.75. The second-order valence-corrected chi connectivity index (χ2v) is 6.45. The van der Waals surface area contributed by atoms with Gasteiger partial charge in [-0.3, -0.25) is 14.8 Å². The molecule has 8 heteroatoms. The molecule has 0 saturated carbocycles. The molecule has 3 aromatic carbocycles. The Morgan fingerprint density at radius 3 is 1.77 bits per heavy atom. The van der Waals surface area contributed by atoms with E-state index in [2.05, 4.69) is 0 Å². The van der Waals surface area contributed by atoms with Gasteiger partial charge < -0.3 is 5.32 Å². The third kappa shape index (κ3) is 4.84. The maximum atomic E-state index is 13.6. The molecule has 0 aromatic heterocycles. The smallest absolute Gasteiger partial charge is 0.337 e. The number of halogens is 3. The zero-order valence-corrected chi connectivity index (χ0v) is 15.5. The lowest BCUT2D eigenvalue weighted by Crippen LogP contribution is -2.38. The van der Waals surface area contributed by atoms with Crippen LogP contribution in [0.4, 0.5) is 13.2 Å². The molecule has 0 fully saturated rings. The molecule has 1 atom stereocenters. The molecule has 5 nitrogen and oxygen atoms in total. The summed E-state index contributed by atoms with van der Waals surface area (Å²) in [5.74, 6) is -1.73. The van der Waals surface area contributed by atoms with Crippen LogP contribution in [0.25, 0.3) is 11.1 Å². The Kier molecular flexibility index (Phi) is 6.17. The van der Waals surface area contributed by atoms with Crippen molar-refractivity contribution in [2.75, 3.05) is 0 Å². The Morgan fingerprint density at radius 1 is 0.733 bits per heavy atom. The van der Waals surface area contributed by atoms with Gasteiger partial charge in [0, 0.05) is 11.1 Å². The molecule has 0 aliphatic heterocycles. The predicted molar refractivity (Wildman–Crippen MR) is 104 cm³/mol. The van der Waals surface area contributed by atoms with Crippen molar-refractivity contribution < 1.29 is 28.0 Å². The fraction of sp³-hybridized carbons (Fsp3) is 0.0909.